The summed E-state index contributed by atoms with van der Waals surface area (Å²) in [6.45, 7) is 5.97. The van der Waals surface area contributed by atoms with Crippen molar-refractivity contribution in [2.45, 2.75) is 39.7 Å². The first-order valence-electron chi connectivity index (χ1n) is 10.8. The van der Waals surface area contributed by atoms with Crippen molar-refractivity contribution in [2.24, 2.45) is 5.92 Å². The first kappa shape index (κ1) is 23.3. The summed E-state index contributed by atoms with van der Waals surface area (Å²) < 4.78 is 0.977. The number of thiazole rings is 1. The van der Waals surface area contributed by atoms with Gasteiger partial charge in [0.25, 0.3) is 11.8 Å². The maximum Gasteiger partial charge on any atom is 0.262 e. The molecule has 2 aromatic carbocycles. The number of aryl methyl sites for hydroxylation is 1. The number of benzene rings is 2. The molecular weight excluding hydrogens is 502 g/mol. The average molecular weight is 526 g/mol. The van der Waals surface area contributed by atoms with Gasteiger partial charge in [0.1, 0.15) is 6.04 Å². The number of anilines is 1. The number of nitrogens with zero attached hydrogens (tertiary/aromatic N) is 2. The third-order valence-electron chi connectivity index (χ3n) is 5.50. The van der Waals surface area contributed by atoms with E-state index < -0.39 is 23.8 Å². The Morgan fingerprint density at radius 2 is 1.67 bits per heavy atom. The molecule has 3 amide bonds. The van der Waals surface area contributed by atoms with Gasteiger partial charge in [-0.1, -0.05) is 61.0 Å². The van der Waals surface area contributed by atoms with Crippen LogP contribution in [0.5, 0.6) is 0 Å². The molecule has 170 valence electrons. The van der Waals surface area contributed by atoms with Gasteiger partial charge >= 0.3 is 0 Å². The summed E-state index contributed by atoms with van der Waals surface area (Å²) in [6.07, 6.45) is 1.13. The normalized spacial score (nSPS) is 14.0. The van der Waals surface area contributed by atoms with E-state index in [2.05, 4.69) is 26.2 Å². The molecule has 0 bridgehead atoms. The second-order valence-electron chi connectivity index (χ2n) is 8.31. The number of nitrogens with one attached hydrogen (secondary N) is 1. The zero-order valence-electron chi connectivity index (χ0n) is 18.6. The molecule has 3 aromatic rings. The van der Waals surface area contributed by atoms with E-state index >= 15 is 0 Å². The number of halogens is 1. The highest BCUT2D eigenvalue weighted by Crippen LogP contribution is 2.33. The predicted octanol–water partition coefficient (Wildman–Crippen LogP) is 5.78. The van der Waals surface area contributed by atoms with Gasteiger partial charge in [-0.2, -0.15) is 0 Å². The molecular formula is C25H24BrN3O3S. The van der Waals surface area contributed by atoms with Gasteiger partial charge in [0.2, 0.25) is 5.91 Å². The molecule has 2 heterocycles. The van der Waals surface area contributed by atoms with Crippen molar-refractivity contribution < 1.29 is 14.4 Å². The fourth-order valence-corrected chi connectivity index (χ4v) is 5.12. The smallest absolute Gasteiger partial charge is 0.262 e. The molecule has 8 heteroatoms. The van der Waals surface area contributed by atoms with Crippen LogP contribution in [0.2, 0.25) is 0 Å². The minimum Gasteiger partial charge on any atom is -0.300 e. The molecule has 33 heavy (non-hydrogen) atoms. The molecule has 0 fully saturated rings. The van der Waals surface area contributed by atoms with Crippen LogP contribution in [0.25, 0.3) is 11.3 Å². The van der Waals surface area contributed by atoms with Crippen LogP contribution in [-0.4, -0.2) is 33.6 Å². The van der Waals surface area contributed by atoms with Crippen molar-refractivity contribution in [3.63, 3.8) is 0 Å². The van der Waals surface area contributed by atoms with E-state index in [0.717, 1.165) is 31.9 Å². The molecule has 4 rings (SSSR count). The Morgan fingerprint density at radius 1 is 1.06 bits per heavy atom. The molecule has 0 aliphatic carbocycles. The van der Waals surface area contributed by atoms with Crippen molar-refractivity contribution >= 4 is 50.1 Å². The summed E-state index contributed by atoms with van der Waals surface area (Å²) in [4.78, 5) is 46.2. The molecule has 1 aliphatic rings. The van der Waals surface area contributed by atoms with Gasteiger partial charge in [0.05, 0.1) is 16.8 Å². The predicted molar refractivity (Wildman–Crippen MR) is 133 cm³/mol. The van der Waals surface area contributed by atoms with Crippen LogP contribution in [-0.2, 0) is 11.2 Å². The van der Waals surface area contributed by atoms with Gasteiger partial charge in [0, 0.05) is 14.9 Å². The monoisotopic (exact) mass is 525 g/mol. The van der Waals surface area contributed by atoms with E-state index in [1.54, 1.807) is 24.3 Å². The largest absolute Gasteiger partial charge is 0.300 e. The highest BCUT2D eigenvalue weighted by Gasteiger charge is 2.43. The van der Waals surface area contributed by atoms with Gasteiger partial charge in [-0.3, -0.25) is 19.3 Å². The number of carbonyl (C=O) groups is 3. The topological polar surface area (TPSA) is 79.4 Å². The highest BCUT2D eigenvalue weighted by molar-refractivity contribution is 9.10. The number of rotatable bonds is 7. The maximum atomic E-state index is 13.4. The first-order valence-corrected chi connectivity index (χ1v) is 12.4. The second-order valence-corrected chi connectivity index (χ2v) is 10.3. The molecule has 0 saturated heterocycles. The number of amides is 3. The van der Waals surface area contributed by atoms with Crippen molar-refractivity contribution in [3.8, 4) is 11.3 Å². The Morgan fingerprint density at radius 3 is 2.21 bits per heavy atom. The summed E-state index contributed by atoms with van der Waals surface area (Å²) in [5, 5.41) is 3.34. The molecule has 1 N–H and O–H groups in total. The highest BCUT2D eigenvalue weighted by atomic mass is 79.9. The van der Waals surface area contributed by atoms with Crippen LogP contribution in [0.3, 0.4) is 0 Å². The molecule has 1 aliphatic heterocycles. The summed E-state index contributed by atoms with van der Waals surface area (Å²) in [7, 11) is 0. The summed E-state index contributed by atoms with van der Waals surface area (Å²) in [5.74, 6) is -1.16. The number of hydrogen-bond acceptors (Lipinski definition) is 5. The van der Waals surface area contributed by atoms with E-state index in [1.165, 1.54) is 11.3 Å². The van der Waals surface area contributed by atoms with E-state index in [1.807, 2.05) is 45.0 Å². The van der Waals surface area contributed by atoms with Crippen LogP contribution in [0.15, 0.2) is 53.0 Å². The van der Waals surface area contributed by atoms with Gasteiger partial charge in [0.15, 0.2) is 5.13 Å². The minimum atomic E-state index is -0.914. The van der Waals surface area contributed by atoms with Gasteiger partial charge in [-0.25, -0.2) is 4.98 Å². The number of aromatic nitrogens is 1. The van der Waals surface area contributed by atoms with Crippen LogP contribution in [0.1, 0.15) is 52.8 Å². The quantitative estimate of drug-likeness (QED) is 0.396. The lowest BCUT2D eigenvalue weighted by atomic mass is 10.0. The van der Waals surface area contributed by atoms with Crippen LogP contribution >= 0.6 is 27.3 Å². The summed E-state index contributed by atoms with van der Waals surface area (Å²) >= 11 is 4.86. The lowest BCUT2D eigenvalue weighted by molar-refractivity contribution is -0.120. The van der Waals surface area contributed by atoms with E-state index in [-0.39, 0.29) is 5.92 Å². The maximum absolute atomic E-state index is 13.4. The Balaban J connectivity index is 1.62. The van der Waals surface area contributed by atoms with Crippen molar-refractivity contribution in [1.82, 2.24) is 9.88 Å². The van der Waals surface area contributed by atoms with Gasteiger partial charge < -0.3 is 5.32 Å². The lowest BCUT2D eigenvalue weighted by Crippen LogP contribution is -2.47. The minimum absolute atomic E-state index is 0.103. The van der Waals surface area contributed by atoms with Crippen molar-refractivity contribution in [3.05, 3.63) is 69.0 Å². The van der Waals surface area contributed by atoms with E-state index in [9.17, 15) is 14.4 Å². The molecule has 1 aromatic heterocycles. The average Bonchev–Trinajstić information content (AvgIpc) is 3.31. The SMILES string of the molecule is CCc1sc(NC(=O)C(CC(C)C)N2C(=O)c3ccccc3C2=O)nc1-c1ccc(Br)cc1. The molecule has 1 atom stereocenters. The number of carbonyl (C=O) groups excluding carboxylic acids is 3. The lowest BCUT2D eigenvalue weighted by Gasteiger charge is -2.26. The molecule has 0 saturated carbocycles. The van der Waals surface area contributed by atoms with Gasteiger partial charge in [-0.05, 0) is 43.0 Å². The number of fused-ring (bicyclic) bond motifs is 1. The van der Waals surface area contributed by atoms with Crippen LogP contribution < -0.4 is 5.32 Å². The fraction of sp³-hybridized carbons (Fsp3) is 0.280. The Kier molecular flexibility index (Phi) is 6.76. The van der Waals surface area contributed by atoms with E-state index in [0.29, 0.717) is 22.7 Å². The Labute approximate surface area is 205 Å². The standard InChI is InChI=1S/C25H24BrN3O3S/c1-4-20-21(15-9-11-16(26)12-10-15)27-25(33-20)28-22(30)19(13-14(2)3)29-23(31)17-7-5-6-8-18(17)24(29)32/h5-12,14,19H,4,13H2,1-3H3,(H,27,28,30). The third kappa shape index (κ3) is 4.63. The zero-order chi connectivity index (χ0) is 23.7. The van der Waals surface area contributed by atoms with E-state index in [4.69, 9.17) is 0 Å². The third-order valence-corrected chi connectivity index (χ3v) is 7.14. The Bertz CT molecular complexity index is 1180. The van der Waals surface area contributed by atoms with Crippen LogP contribution in [0, 0.1) is 5.92 Å². The fourth-order valence-electron chi connectivity index (χ4n) is 3.93. The number of hydrogen-bond donors (Lipinski definition) is 1. The summed E-state index contributed by atoms with van der Waals surface area (Å²) in [6, 6.07) is 13.6. The van der Waals surface area contributed by atoms with Crippen LogP contribution in [0.4, 0.5) is 5.13 Å². The first-order chi connectivity index (χ1) is 15.8. The number of imide groups is 1. The molecule has 6 nitrogen and oxygen atoms in total. The Hall–Kier alpha value is -2.84. The molecule has 1 unspecified atom stereocenters. The zero-order valence-corrected chi connectivity index (χ0v) is 21.0. The molecule has 0 spiro atoms. The second kappa shape index (κ2) is 9.57. The van der Waals surface area contributed by atoms with Crippen molar-refractivity contribution in [1.29, 1.82) is 0 Å². The summed E-state index contributed by atoms with van der Waals surface area (Å²) in [5.41, 5.74) is 2.46. The van der Waals surface area contributed by atoms with Gasteiger partial charge in [-0.15, -0.1) is 11.3 Å². The molecule has 0 radical (unpaired) electrons. The van der Waals surface area contributed by atoms with Crippen molar-refractivity contribution in [2.75, 3.05) is 5.32 Å².